The Morgan fingerprint density at radius 2 is 1.95 bits per heavy atom. The zero-order chi connectivity index (χ0) is 16.3. The average Bonchev–Trinajstić information content (AvgIpc) is 2.40. The molecule has 2 N–H and O–H groups in total. The summed E-state index contributed by atoms with van der Waals surface area (Å²) in [4.78, 5) is 26.6. The summed E-state index contributed by atoms with van der Waals surface area (Å²) in [5, 5.41) is 3.71. The number of halogens is 2. The first kappa shape index (κ1) is 16.6. The van der Waals surface area contributed by atoms with Gasteiger partial charge >= 0.3 is 0 Å². The van der Waals surface area contributed by atoms with E-state index in [1.807, 2.05) is 19.9 Å². The van der Waals surface area contributed by atoms with Crippen LogP contribution in [0.4, 0.5) is 0 Å². The number of benzene rings is 1. The van der Waals surface area contributed by atoms with E-state index in [4.69, 9.17) is 23.2 Å². The Labute approximate surface area is 138 Å². The molecule has 0 aliphatic carbocycles. The Bertz CT molecular complexity index is 769. The molecule has 0 saturated carbocycles. The minimum atomic E-state index is -0.205. The maximum Gasteiger partial charge on any atom is 0.253 e. The molecule has 0 unspecified atom stereocenters. The van der Waals surface area contributed by atoms with Crippen molar-refractivity contribution in [2.24, 2.45) is 0 Å². The van der Waals surface area contributed by atoms with Crippen molar-refractivity contribution in [1.82, 2.24) is 10.3 Å². The summed E-state index contributed by atoms with van der Waals surface area (Å²) in [5.74, 6) is -0.205. The molecule has 1 heterocycles. The van der Waals surface area contributed by atoms with Crippen LogP contribution in [0.1, 0.15) is 22.4 Å². The summed E-state index contributed by atoms with van der Waals surface area (Å²) in [6.45, 7) is 3.85. The van der Waals surface area contributed by atoms with Crippen LogP contribution >= 0.6 is 23.2 Å². The first-order chi connectivity index (χ1) is 10.4. The third-order valence-electron chi connectivity index (χ3n) is 3.32. The SMILES string of the molecule is Cc1cc(C)c(CNC(=O)Cc2ccc(Cl)cc2Cl)c(=O)[nH]1. The topological polar surface area (TPSA) is 62.0 Å². The second-order valence-corrected chi connectivity index (χ2v) is 5.98. The van der Waals surface area contributed by atoms with Crippen LogP contribution in [-0.4, -0.2) is 10.9 Å². The zero-order valence-electron chi connectivity index (χ0n) is 12.3. The van der Waals surface area contributed by atoms with Gasteiger partial charge in [-0.1, -0.05) is 29.3 Å². The molecule has 0 aliphatic heterocycles. The van der Waals surface area contributed by atoms with E-state index >= 15 is 0 Å². The van der Waals surface area contributed by atoms with Crippen molar-refractivity contribution < 1.29 is 4.79 Å². The molecule has 0 spiro atoms. The Kier molecular flexibility index (Phi) is 5.27. The van der Waals surface area contributed by atoms with Crippen LogP contribution in [0.15, 0.2) is 29.1 Å². The number of carbonyl (C=O) groups excluding carboxylic acids is 1. The number of aryl methyl sites for hydroxylation is 2. The van der Waals surface area contributed by atoms with Gasteiger partial charge in [0.1, 0.15) is 0 Å². The smallest absolute Gasteiger partial charge is 0.253 e. The third-order valence-corrected chi connectivity index (χ3v) is 3.91. The first-order valence-corrected chi connectivity index (χ1v) is 7.52. The molecule has 0 atom stereocenters. The maximum atomic E-state index is 12.0. The molecule has 1 amide bonds. The number of carbonyl (C=O) groups is 1. The van der Waals surface area contributed by atoms with Gasteiger partial charge < -0.3 is 10.3 Å². The van der Waals surface area contributed by atoms with E-state index in [2.05, 4.69) is 10.3 Å². The summed E-state index contributed by atoms with van der Waals surface area (Å²) in [5.41, 5.74) is 2.72. The zero-order valence-corrected chi connectivity index (χ0v) is 13.8. The van der Waals surface area contributed by atoms with Gasteiger partial charge in [0.2, 0.25) is 5.91 Å². The van der Waals surface area contributed by atoms with E-state index in [1.165, 1.54) is 0 Å². The fourth-order valence-corrected chi connectivity index (χ4v) is 2.66. The summed E-state index contributed by atoms with van der Waals surface area (Å²) in [6, 6.07) is 6.87. The van der Waals surface area contributed by atoms with E-state index < -0.39 is 0 Å². The van der Waals surface area contributed by atoms with Gasteiger partial charge in [0.15, 0.2) is 0 Å². The number of aromatic amines is 1. The van der Waals surface area contributed by atoms with Crippen LogP contribution in [0.5, 0.6) is 0 Å². The van der Waals surface area contributed by atoms with Gasteiger partial charge in [-0.2, -0.15) is 0 Å². The number of hydrogen-bond donors (Lipinski definition) is 2. The molecule has 4 nitrogen and oxygen atoms in total. The Hall–Kier alpha value is -1.78. The number of pyridine rings is 1. The number of nitrogens with one attached hydrogen (secondary N) is 2. The molecule has 1 aromatic carbocycles. The van der Waals surface area contributed by atoms with Crippen molar-refractivity contribution >= 4 is 29.1 Å². The number of hydrogen-bond acceptors (Lipinski definition) is 2. The Balaban J connectivity index is 2.03. The van der Waals surface area contributed by atoms with Crippen LogP contribution in [0.25, 0.3) is 0 Å². The molecule has 0 saturated heterocycles. The molecule has 0 aliphatic rings. The van der Waals surface area contributed by atoms with Crippen molar-refractivity contribution in [3.8, 4) is 0 Å². The Morgan fingerprint density at radius 1 is 1.23 bits per heavy atom. The van der Waals surface area contributed by atoms with Gasteiger partial charge in [-0.25, -0.2) is 0 Å². The largest absolute Gasteiger partial charge is 0.352 e. The standard InChI is InChI=1S/C16H16Cl2N2O2/c1-9-5-10(2)20-16(22)13(9)8-19-15(21)6-11-3-4-12(17)7-14(11)18/h3-5,7H,6,8H2,1-2H3,(H,19,21)(H,20,22). The number of aromatic nitrogens is 1. The predicted octanol–water partition coefficient (Wildman–Crippen LogP) is 3.16. The van der Waals surface area contributed by atoms with E-state index in [0.717, 1.165) is 11.3 Å². The maximum absolute atomic E-state index is 12.0. The third kappa shape index (κ3) is 4.12. The summed E-state index contributed by atoms with van der Waals surface area (Å²) >= 11 is 11.9. The second kappa shape index (κ2) is 6.99. The fraction of sp³-hybridized carbons (Fsp3) is 0.250. The van der Waals surface area contributed by atoms with Crippen molar-refractivity contribution in [3.05, 3.63) is 67.0 Å². The van der Waals surface area contributed by atoms with Crippen molar-refractivity contribution in [1.29, 1.82) is 0 Å². The lowest BCUT2D eigenvalue weighted by Crippen LogP contribution is -2.29. The molecule has 1 aromatic heterocycles. The highest BCUT2D eigenvalue weighted by Crippen LogP contribution is 2.21. The lowest BCUT2D eigenvalue weighted by Gasteiger charge is -2.09. The molecular formula is C16H16Cl2N2O2. The van der Waals surface area contributed by atoms with E-state index in [-0.39, 0.29) is 24.4 Å². The molecule has 2 aromatic rings. The molecule has 2 rings (SSSR count). The predicted molar refractivity (Wildman–Crippen MR) is 88.5 cm³/mol. The second-order valence-electron chi connectivity index (χ2n) is 5.13. The normalized spacial score (nSPS) is 10.5. The van der Waals surface area contributed by atoms with Gasteiger partial charge in [-0.15, -0.1) is 0 Å². The average molecular weight is 339 g/mol. The lowest BCUT2D eigenvalue weighted by molar-refractivity contribution is -0.120. The van der Waals surface area contributed by atoms with Crippen LogP contribution in [0.2, 0.25) is 10.0 Å². The Morgan fingerprint density at radius 3 is 2.59 bits per heavy atom. The summed E-state index contributed by atoms with van der Waals surface area (Å²) in [7, 11) is 0. The lowest BCUT2D eigenvalue weighted by atomic mass is 10.1. The van der Waals surface area contributed by atoms with Gasteiger partial charge in [-0.05, 0) is 43.2 Å². The highest BCUT2D eigenvalue weighted by atomic mass is 35.5. The van der Waals surface area contributed by atoms with Gasteiger partial charge in [0.05, 0.1) is 6.42 Å². The number of amides is 1. The van der Waals surface area contributed by atoms with Crippen LogP contribution in [-0.2, 0) is 17.8 Å². The molecule has 22 heavy (non-hydrogen) atoms. The molecule has 0 fully saturated rings. The summed E-state index contributed by atoms with van der Waals surface area (Å²) in [6.07, 6.45) is 0.138. The molecule has 0 radical (unpaired) electrons. The number of H-pyrrole nitrogens is 1. The van der Waals surface area contributed by atoms with Crippen molar-refractivity contribution in [2.45, 2.75) is 26.8 Å². The van der Waals surface area contributed by atoms with Crippen molar-refractivity contribution in [2.75, 3.05) is 0 Å². The van der Waals surface area contributed by atoms with E-state index in [9.17, 15) is 9.59 Å². The fourth-order valence-electron chi connectivity index (χ4n) is 2.19. The monoisotopic (exact) mass is 338 g/mol. The van der Waals surface area contributed by atoms with Gasteiger partial charge in [0.25, 0.3) is 5.56 Å². The number of rotatable bonds is 4. The first-order valence-electron chi connectivity index (χ1n) is 6.77. The van der Waals surface area contributed by atoms with Crippen LogP contribution in [0, 0.1) is 13.8 Å². The summed E-state index contributed by atoms with van der Waals surface area (Å²) < 4.78 is 0. The van der Waals surface area contributed by atoms with Crippen molar-refractivity contribution in [3.63, 3.8) is 0 Å². The van der Waals surface area contributed by atoms with Gasteiger partial charge in [0, 0.05) is 27.8 Å². The highest BCUT2D eigenvalue weighted by molar-refractivity contribution is 6.35. The van der Waals surface area contributed by atoms with E-state index in [1.54, 1.807) is 18.2 Å². The molecule has 6 heteroatoms. The highest BCUT2D eigenvalue weighted by Gasteiger charge is 2.10. The molecule has 116 valence electrons. The quantitative estimate of drug-likeness (QED) is 0.899. The minimum Gasteiger partial charge on any atom is -0.352 e. The van der Waals surface area contributed by atoms with Crippen LogP contribution in [0.3, 0.4) is 0 Å². The molecule has 0 bridgehead atoms. The minimum absolute atomic E-state index is 0.138. The molecular weight excluding hydrogens is 323 g/mol. The van der Waals surface area contributed by atoms with E-state index in [0.29, 0.717) is 21.2 Å². The van der Waals surface area contributed by atoms with Crippen LogP contribution < -0.4 is 10.9 Å². The van der Waals surface area contributed by atoms with Gasteiger partial charge in [-0.3, -0.25) is 9.59 Å².